The Bertz CT molecular complexity index is 330. The van der Waals surface area contributed by atoms with Crippen LogP contribution in [-0.4, -0.2) is 17.8 Å². The Hall–Kier alpha value is -1.53. The van der Waals surface area contributed by atoms with Crippen molar-refractivity contribution in [2.24, 2.45) is 0 Å². The van der Waals surface area contributed by atoms with E-state index in [1.165, 1.54) is 0 Å². The average molecular weight is 190 g/mol. The summed E-state index contributed by atoms with van der Waals surface area (Å²) in [5, 5.41) is 20.6. The van der Waals surface area contributed by atoms with Crippen molar-refractivity contribution >= 4 is 5.69 Å². The van der Waals surface area contributed by atoms with Gasteiger partial charge < -0.3 is 10.4 Å². The summed E-state index contributed by atoms with van der Waals surface area (Å²) in [6.07, 6.45) is 0.705. The first-order valence-corrected chi connectivity index (χ1v) is 4.64. The zero-order chi connectivity index (χ0) is 10.4. The molecule has 1 aromatic carbocycles. The van der Waals surface area contributed by atoms with Crippen molar-refractivity contribution in [1.82, 2.24) is 0 Å². The van der Waals surface area contributed by atoms with Crippen LogP contribution in [0.2, 0.25) is 0 Å². The van der Waals surface area contributed by atoms with E-state index in [-0.39, 0.29) is 12.6 Å². The van der Waals surface area contributed by atoms with Crippen LogP contribution in [-0.2, 0) is 0 Å². The molecule has 0 saturated heterocycles. The fourth-order valence-electron chi connectivity index (χ4n) is 1.23. The molecule has 1 atom stereocenters. The predicted molar refractivity (Wildman–Crippen MR) is 55.9 cm³/mol. The van der Waals surface area contributed by atoms with Gasteiger partial charge >= 0.3 is 0 Å². The average Bonchev–Trinajstić information content (AvgIpc) is 2.18. The van der Waals surface area contributed by atoms with Gasteiger partial charge in [-0.3, -0.25) is 0 Å². The summed E-state index contributed by atoms with van der Waals surface area (Å²) in [6, 6.07) is 9.62. The number of rotatable bonds is 4. The molecule has 3 nitrogen and oxygen atoms in total. The lowest BCUT2D eigenvalue weighted by Gasteiger charge is -2.13. The maximum absolute atomic E-state index is 8.72. The Kier molecular flexibility index (Phi) is 3.96. The van der Waals surface area contributed by atoms with Gasteiger partial charge in [-0.25, -0.2) is 0 Å². The van der Waals surface area contributed by atoms with Crippen LogP contribution in [0.4, 0.5) is 5.69 Å². The van der Waals surface area contributed by atoms with Crippen LogP contribution >= 0.6 is 0 Å². The highest BCUT2D eigenvalue weighted by molar-refractivity contribution is 5.49. The number of benzene rings is 1. The van der Waals surface area contributed by atoms with E-state index in [1.54, 1.807) is 12.1 Å². The minimum Gasteiger partial charge on any atom is -0.396 e. The molecule has 0 aliphatic carbocycles. The molecule has 0 aliphatic rings. The van der Waals surface area contributed by atoms with E-state index in [2.05, 4.69) is 11.4 Å². The fraction of sp³-hybridized carbons (Fsp3) is 0.364. The van der Waals surface area contributed by atoms with Crippen LogP contribution in [0.25, 0.3) is 0 Å². The lowest BCUT2D eigenvalue weighted by atomic mass is 10.2. The molecule has 14 heavy (non-hydrogen) atoms. The molecule has 74 valence electrons. The monoisotopic (exact) mass is 190 g/mol. The van der Waals surface area contributed by atoms with Gasteiger partial charge in [0.05, 0.1) is 11.6 Å². The van der Waals surface area contributed by atoms with Gasteiger partial charge in [-0.1, -0.05) is 6.07 Å². The van der Waals surface area contributed by atoms with E-state index < -0.39 is 0 Å². The summed E-state index contributed by atoms with van der Waals surface area (Å²) in [5.74, 6) is 0. The van der Waals surface area contributed by atoms with Crippen LogP contribution in [0.5, 0.6) is 0 Å². The third kappa shape index (κ3) is 3.08. The van der Waals surface area contributed by atoms with E-state index in [0.717, 1.165) is 5.69 Å². The van der Waals surface area contributed by atoms with Gasteiger partial charge in [0, 0.05) is 18.3 Å². The maximum Gasteiger partial charge on any atom is 0.0992 e. The molecule has 0 aliphatic heterocycles. The van der Waals surface area contributed by atoms with E-state index in [1.807, 2.05) is 19.1 Å². The Morgan fingerprint density at radius 1 is 1.57 bits per heavy atom. The van der Waals surface area contributed by atoms with Crippen LogP contribution in [0.1, 0.15) is 18.9 Å². The second-order valence-electron chi connectivity index (χ2n) is 3.25. The Morgan fingerprint density at radius 3 is 3.00 bits per heavy atom. The highest BCUT2D eigenvalue weighted by Gasteiger charge is 2.00. The first-order chi connectivity index (χ1) is 6.76. The number of aliphatic hydroxyl groups is 1. The van der Waals surface area contributed by atoms with Crippen LogP contribution in [0, 0.1) is 11.3 Å². The molecule has 2 N–H and O–H groups in total. The third-order valence-corrected chi connectivity index (χ3v) is 1.97. The first kappa shape index (κ1) is 10.6. The van der Waals surface area contributed by atoms with Crippen molar-refractivity contribution in [1.29, 1.82) is 5.26 Å². The summed E-state index contributed by atoms with van der Waals surface area (Å²) in [6.45, 7) is 2.17. The summed E-state index contributed by atoms with van der Waals surface area (Å²) in [7, 11) is 0. The van der Waals surface area contributed by atoms with Crippen molar-refractivity contribution in [2.75, 3.05) is 11.9 Å². The molecular weight excluding hydrogens is 176 g/mol. The molecule has 0 fully saturated rings. The normalized spacial score (nSPS) is 11.8. The number of nitriles is 1. The first-order valence-electron chi connectivity index (χ1n) is 4.64. The smallest absolute Gasteiger partial charge is 0.0992 e. The highest BCUT2D eigenvalue weighted by Crippen LogP contribution is 2.11. The van der Waals surface area contributed by atoms with E-state index in [4.69, 9.17) is 10.4 Å². The second-order valence-corrected chi connectivity index (χ2v) is 3.25. The second kappa shape index (κ2) is 5.25. The van der Waals surface area contributed by atoms with Crippen LogP contribution in [0.15, 0.2) is 24.3 Å². The lowest BCUT2D eigenvalue weighted by Crippen LogP contribution is -2.16. The number of aliphatic hydroxyl groups excluding tert-OH is 1. The third-order valence-electron chi connectivity index (χ3n) is 1.97. The number of nitrogens with zero attached hydrogens (tertiary/aromatic N) is 1. The Balaban J connectivity index is 2.63. The van der Waals surface area contributed by atoms with Gasteiger partial charge in [0.15, 0.2) is 0 Å². The Labute approximate surface area is 84.0 Å². The van der Waals surface area contributed by atoms with Gasteiger partial charge in [-0.05, 0) is 31.5 Å². The molecule has 0 aromatic heterocycles. The zero-order valence-corrected chi connectivity index (χ0v) is 8.20. The summed E-state index contributed by atoms with van der Waals surface area (Å²) in [5.41, 5.74) is 1.57. The SMILES string of the molecule is CC(CCO)Nc1cccc(C#N)c1. The number of hydrogen-bond acceptors (Lipinski definition) is 3. The molecule has 0 radical (unpaired) electrons. The number of nitrogens with one attached hydrogen (secondary N) is 1. The molecule has 0 amide bonds. The molecule has 0 saturated carbocycles. The van der Waals surface area contributed by atoms with Gasteiger partial charge in [0.1, 0.15) is 0 Å². The van der Waals surface area contributed by atoms with Crippen molar-refractivity contribution in [3.8, 4) is 6.07 Å². The molecule has 3 heteroatoms. The molecule has 0 heterocycles. The standard InChI is InChI=1S/C11H14N2O/c1-9(5-6-14)13-11-4-2-3-10(7-11)8-12/h2-4,7,9,13-14H,5-6H2,1H3. The van der Waals surface area contributed by atoms with Crippen molar-refractivity contribution in [2.45, 2.75) is 19.4 Å². The largest absolute Gasteiger partial charge is 0.396 e. The summed E-state index contributed by atoms with van der Waals surface area (Å²) >= 11 is 0. The quantitative estimate of drug-likeness (QED) is 0.760. The van der Waals surface area contributed by atoms with Crippen molar-refractivity contribution in [3.05, 3.63) is 29.8 Å². The van der Waals surface area contributed by atoms with Gasteiger partial charge in [0.25, 0.3) is 0 Å². The highest BCUT2D eigenvalue weighted by atomic mass is 16.3. The minimum atomic E-state index is 0.173. The van der Waals surface area contributed by atoms with Gasteiger partial charge in [-0.15, -0.1) is 0 Å². The number of hydrogen-bond donors (Lipinski definition) is 2. The predicted octanol–water partition coefficient (Wildman–Crippen LogP) is 1.74. The lowest BCUT2D eigenvalue weighted by molar-refractivity contribution is 0.282. The zero-order valence-electron chi connectivity index (χ0n) is 8.20. The van der Waals surface area contributed by atoms with Crippen LogP contribution < -0.4 is 5.32 Å². The van der Waals surface area contributed by atoms with E-state index >= 15 is 0 Å². The van der Waals surface area contributed by atoms with E-state index in [0.29, 0.717) is 12.0 Å². The maximum atomic E-state index is 8.72. The van der Waals surface area contributed by atoms with Crippen LogP contribution in [0.3, 0.4) is 0 Å². The van der Waals surface area contributed by atoms with E-state index in [9.17, 15) is 0 Å². The summed E-state index contributed by atoms with van der Waals surface area (Å²) < 4.78 is 0. The molecule has 0 spiro atoms. The minimum absolute atomic E-state index is 0.173. The molecule has 0 bridgehead atoms. The molecule has 1 rings (SSSR count). The van der Waals surface area contributed by atoms with Gasteiger partial charge in [-0.2, -0.15) is 5.26 Å². The topological polar surface area (TPSA) is 56.0 Å². The fourth-order valence-corrected chi connectivity index (χ4v) is 1.23. The number of anilines is 1. The summed E-state index contributed by atoms with van der Waals surface area (Å²) in [4.78, 5) is 0. The molecular formula is C11H14N2O. The van der Waals surface area contributed by atoms with Crippen molar-refractivity contribution in [3.63, 3.8) is 0 Å². The Morgan fingerprint density at radius 2 is 2.36 bits per heavy atom. The molecule has 1 unspecified atom stereocenters. The molecule has 1 aromatic rings. The van der Waals surface area contributed by atoms with Crippen molar-refractivity contribution < 1.29 is 5.11 Å². The van der Waals surface area contributed by atoms with Gasteiger partial charge in [0.2, 0.25) is 0 Å².